The fraction of sp³-hybridized carbons (Fsp3) is 0.250. The van der Waals surface area contributed by atoms with Crippen molar-refractivity contribution in [2.75, 3.05) is 6.54 Å². The van der Waals surface area contributed by atoms with E-state index in [1.165, 1.54) is 16.7 Å². The molecule has 18 heavy (non-hydrogen) atoms. The van der Waals surface area contributed by atoms with Crippen molar-refractivity contribution in [1.29, 1.82) is 0 Å². The molecule has 3 rings (SSSR count). The summed E-state index contributed by atoms with van der Waals surface area (Å²) in [5.74, 6) is 1.04. The molecule has 2 nitrogen and oxygen atoms in total. The van der Waals surface area contributed by atoms with E-state index in [2.05, 4.69) is 35.6 Å². The third kappa shape index (κ3) is 2.39. The van der Waals surface area contributed by atoms with Crippen LogP contribution in [0.2, 0.25) is 0 Å². The van der Waals surface area contributed by atoms with Crippen LogP contribution in [0.1, 0.15) is 16.7 Å². The van der Waals surface area contributed by atoms with Crippen LogP contribution in [0, 0.1) is 0 Å². The normalized spacial score (nSPS) is 14.0. The molecule has 2 aromatic carbocycles. The second-order valence-electron chi connectivity index (χ2n) is 4.59. The first-order valence-electron chi connectivity index (χ1n) is 6.42. The highest BCUT2D eigenvalue weighted by atomic mass is 16.5. The highest BCUT2D eigenvalue weighted by Gasteiger charge is 2.13. The summed E-state index contributed by atoms with van der Waals surface area (Å²) in [6.07, 6.45) is 1.06. The Labute approximate surface area is 108 Å². The van der Waals surface area contributed by atoms with Gasteiger partial charge in [-0.15, -0.1) is 0 Å². The largest absolute Gasteiger partial charge is 0.489 e. The monoisotopic (exact) mass is 239 g/mol. The predicted octanol–water partition coefficient (Wildman–Crippen LogP) is 2.91. The maximum absolute atomic E-state index is 5.96. The Hall–Kier alpha value is -1.80. The van der Waals surface area contributed by atoms with Gasteiger partial charge in [-0.1, -0.05) is 42.5 Å². The van der Waals surface area contributed by atoms with E-state index in [4.69, 9.17) is 4.74 Å². The van der Waals surface area contributed by atoms with E-state index in [-0.39, 0.29) is 0 Å². The van der Waals surface area contributed by atoms with Gasteiger partial charge in [-0.25, -0.2) is 0 Å². The first-order valence-corrected chi connectivity index (χ1v) is 6.42. The summed E-state index contributed by atoms with van der Waals surface area (Å²) in [5.41, 5.74) is 3.95. The summed E-state index contributed by atoms with van der Waals surface area (Å²) in [4.78, 5) is 0. The highest BCUT2D eigenvalue weighted by molar-refractivity contribution is 5.41. The van der Waals surface area contributed by atoms with Gasteiger partial charge in [0.05, 0.1) is 0 Å². The number of rotatable bonds is 3. The fourth-order valence-corrected chi connectivity index (χ4v) is 2.37. The van der Waals surface area contributed by atoms with E-state index in [9.17, 15) is 0 Å². The van der Waals surface area contributed by atoms with Crippen molar-refractivity contribution < 1.29 is 4.74 Å². The minimum Gasteiger partial charge on any atom is -0.489 e. The van der Waals surface area contributed by atoms with E-state index in [0.717, 1.165) is 25.3 Å². The van der Waals surface area contributed by atoms with Crippen LogP contribution >= 0.6 is 0 Å². The minimum absolute atomic E-state index is 0.644. The zero-order valence-electron chi connectivity index (χ0n) is 10.4. The third-order valence-electron chi connectivity index (χ3n) is 3.33. The molecular formula is C16H17NO. The average molecular weight is 239 g/mol. The topological polar surface area (TPSA) is 21.3 Å². The number of ether oxygens (including phenoxy) is 1. The van der Waals surface area contributed by atoms with E-state index in [1.807, 2.05) is 18.2 Å². The van der Waals surface area contributed by atoms with Gasteiger partial charge >= 0.3 is 0 Å². The van der Waals surface area contributed by atoms with Gasteiger partial charge in [0.2, 0.25) is 0 Å². The van der Waals surface area contributed by atoms with Gasteiger partial charge < -0.3 is 10.1 Å². The Bertz CT molecular complexity index is 522. The maximum Gasteiger partial charge on any atom is 0.123 e. The number of hydrogen-bond acceptors (Lipinski definition) is 2. The Balaban J connectivity index is 1.77. The molecule has 1 heterocycles. The molecule has 2 aromatic rings. The standard InChI is InChI=1S/C16H17NO/c1-2-5-13(6-3-1)12-18-16-8-4-7-14-11-17-10-9-15(14)16/h1-8,17H,9-12H2. The molecule has 0 radical (unpaired) electrons. The van der Waals surface area contributed by atoms with Crippen molar-refractivity contribution in [3.63, 3.8) is 0 Å². The van der Waals surface area contributed by atoms with Gasteiger partial charge in [0.25, 0.3) is 0 Å². The molecule has 0 aliphatic carbocycles. The van der Waals surface area contributed by atoms with Crippen LogP contribution in [0.4, 0.5) is 0 Å². The lowest BCUT2D eigenvalue weighted by atomic mass is 10.0. The summed E-state index contributed by atoms with van der Waals surface area (Å²) in [6.45, 7) is 2.64. The van der Waals surface area contributed by atoms with Crippen molar-refractivity contribution in [2.45, 2.75) is 19.6 Å². The molecular weight excluding hydrogens is 222 g/mol. The zero-order valence-corrected chi connectivity index (χ0v) is 10.4. The molecule has 0 amide bonds. The molecule has 0 saturated heterocycles. The predicted molar refractivity (Wildman–Crippen MR) is 72.6 cm³/mol. The van der Waals surface area contributed by atoms with E-state index < -0.39 is 0 Å². The number of fused-ring (bicyclic) bond motifs is 1. The smallest absolute Gasteiger partial charge is 0.123 e. The lowest BCUT2D eigenvalue weighted by Gasteiger charge is -2.20. The van der Waals surface area contributed by atoms with Crippen molar-refractivity contribution in [3.05, 3.63) is 65.2 Å². The summed E-state index contributed by atoms with van der Waals surface area (Å²) in [7, 11) is 0. The SMILES string of the molecule is c1ccc(COc2cccc3c2CCNC3)cc1. The van der Waals surface area contributed by atoms with Gasteiger partial charge in [0.1, 0.15) is 12.4 Å². The molecule has 0 saturated carbocycles. The maximum atomic E-state index is 5.96. The average Bonchev–Trinajstić information content (AvgIpc) is 2.46. The fourth-order valence-electron chi connectivity index (χ4n) is 2.37. The van der Waals surface area contributed by atoms with Gasteiger partial charge in [0, 0.05) is 6.54 Å². The zero-order chi connectivity index (χ0) is 12.2. The molecule has 0 aromatic heterocycles. The second-order valence-corrected chi connectivity index (χ2v) is 4.59. The van der Waals surface area contributed by atoms with Crippen LogP contribution in [0.3, 0.4) is 0 Å². The Morgan fingerprint density at radius 2 is 1.89 bits per heavy atom. The molecule has 1 aliphatic heterocycles. The summed E-state index contributed by atoms with van der Waals surface area (Å²) in [5, 5.41) is 3.39. The summed E-state index contributed by atoms with van der Waals surface area (Å²) >= 11 is 0. The van der Waals surface area contributed by atoms with Crippen LogP contribution in [0.5, 0.6) is 5.75 Å². The minimum atomic E-state index is 0.644. The summed E-state index contributed by atoms with van der Waals surface area (Å²) < 4.78 is 5.96. The molecule has 2 heteroatoms. The van der Waals surface area contributed by atoms with E-state index in [0.29, 0.717) is 6.61 Å². The van der Waals surface area contributed by atoms with Crippen LogP contribution in [0.25, 0.3) is 0 Å². The summed E-state index contributed by atoms with van der Waals surface area (Å²) in [6, 6.07) is 16.6. The van der Waals surface area contributed by atoms with Gasteiger partial charge in [-0.3, -0.25) is 0 Å². The number of benzene rings is 2. The first-order chi connectivity index (χ1) is 8.93. The van der Waals surface area contributed by atoms with Crippen LogP contribution < -0.4 is 10.1 Å². The molecule has 92 valence electrons. The quantitative estimate of drug-likeness (QED) is 0.889. The van der Waals surface area contributed by atoms with Crippen molar-refractivity contribution in [1.82, 2.24) is 5.32 Å². The number of hydrogen-bond donors (Lipinski definition) is 1. The van der Waals surface area contributed by atoms with E-state index in [1.54, 1.807) is 0 Å². The molecule has 0 fully saturated rings. The molecule has 1 aliphatic rings. The Morgan fingerprint density at radius 1 is 1.00 bits per heavy atom. The Morgan fingerprint density at radius 3 is 2.78 bits per heavy atom. The molecule has 0 unspecified atom stereocenters. The third-order valence-corrected chi connectivity index (χ3v) is 3.33. The lowest BCUT2D eigenvalue weighted by Crippen LogP contribution is -2.24. The number of nitrogens with one attached hydrogen (secondary N) is 1. The molecule has 0 spiro atoms. The Kier molecular flexibility index (Phi) is 3.29. The van der Waals surface area contributed by atoms with Crippen LogP contribution in [-0.4, -0.2) is 6.54 Å². The second kappa shape index (κ2) is 5.23. The van der Waals surface area contributed by atoms with Crippen LogP contribution in [0.15, 0.2) is 48.5 Å². The van der Waals surface area contributed by atoms with Crippen molar-refractivity contribution in [3.8, 4) is 5.75 Å². The highest BCUT2D eigenvalue weighted by Crippen LogP contribution is 2.25. The molecule has 0 atom stereocenters. The van der Waals surface area contributed by atoms with Gasteiger partial charge in [-0.2, -0.15) is 0 Å². The van der Waals surface area contributed by atoms with Gasteiger partial charge in [0.15, 0.2) is 0 Å². The van der Waals surface area contributed by atoms with E-state index >= 15 is 0 Å². The first kappa shape index (κ1) is 11.3. The molecule has 1 N–H and O–H groups in total. The lowest BCUT2D eigenvalue weighted by molar-refractivity contribution is 0.301. The van der Waals surface area contributed by atoms with Crippen LogP contribution in [-0.2, 0) is 19.6 Å². The molecule has 0 bridgehead atoms. The van der Waals surface area contributed by atoms with Crippen molar-refractivity contribution in [2.24, 2.45) is 0 Å². The van der Waals surface area contributed by atoms with Crippen molar-refractivity contribution >= 4 is 0 Å². The van der Waals surface area contributed by atoms with Gasteiger partial charge in [-0.05, 0) is 35.7 Å².